The van der Waals surface area contributed by atoms with E-state index in [1.807, 2.05) is 32.1 Å². The molecule has 0 radical (unpaired) electrons. The molecule has 1 aromatic carbocycles. The van der Waals surface area contributed by atoms with Gasteiger partial charge in [0.2, 0.25) is 0 Å². The lowest BCUT2D eigenvalue weighted by atomic mass is 9.99. The van der Waals surface area contributed by atoms with Crippen LogP contribution in [0.5, 0.6) is 0 Å². The summed E-state index contributed by atoms with van der Waals surface area (Å²) >= 11 is 0. The summed E-state index contributed by atoms with van der Waals surface area (Å²) in [5.41, 5.74) is 4.34. The van der Waals surface area contributed by atoms with Crippen LogP contribution in [-0.4, -0.2) is 19.9 Å². The van der Waals surface area contributed by atoms with Crippen LogP contribution in [0.3, 0.4) is 0 Å². The van der Waals surface area contributed by atoms with Crippen LogP contribution in [0.2, 0.25) is 0 Å². The van der Waals surface area contributed by atoms with Gasteiger partial charge >= 0.3 is 0 Å². The Bertz CT molecular complexity index is 525. The maximum absolute atomic E-state index is 11.4. The van der Waals surface area contributed by atoms with Crippen molar-refractivity contribution in [2.75, 3.05) is 11.5 Å². The molecule has 0 N–H and O–H groups in total. The molecule has 1 aromatic rings. The highest BCUT2D eigenvalue weighted by Gasteiger charge is 2.21. The number of aryl methyl sites for hydroxylation is 2. The van der Waals surface area contributed by atoms with E-state index in [-0.39, 0.29) is 11.5 Å². The third kappa shape index (κ3) is 2.12. The van der Waals surface area contributed by atoms with Crippen molar-refractivity contribution in [3.8, 4) is 0 Å². The smallest absolute Gasteiger partial charge is 0.158 e. The second-order valence-corrected chi connectivity index (χ2v) is 6.21. The average molecular weight is 222 g/mol. The molecule has 2 nitrogen and oxygen atoms in total. The Morgan fingerprint density at radius 2 is 1.93 bits per heavy atom. The van der Waals surface area contributed by atoms with E-state index < -0.39 is 9.84 Å². The highest BCUT2D eigenvalue weighted by atomic mass is 32.2. The second kappa shape index (κ2) is 3.49. The van der Waals surface area contributed by atoms with E-state index in [0.717, 1.165) is 16.7 Å². The minimum atomic E-state index is -2.87. The molecule has 0 atom stereocenters. The lowest BCUT2D eigenvalue weighted by Crippen LogP contribution is -2.03. The highest BCUT2D eigenvalue weighted by Crippen LogP contribution is 2.26. The lowest BCUT2D eigenvalue weighted by molar-refractivity contribution is 0.603. The highest BCUT2D eigenvalue weighted by molar-refractivity contribution is 7.92. The fourth-order valence-electron chi connectivity index (χ4n) is 1.85. The van der Waals surface area contributed by atoms with Crippen molar-refractivity contribution in [1.82, 2.24) is 0 Å². The molecule has 0 spiro atoms. The molecule has 0 amide bonds. The molecule has 2 rings (SSSR count). The molecule has 0 saturated carbocycles. The molecule has 1 heterocycles. The van der Waals surface area contributed by atoms with Crippen LogP contribution in [0.25, 0.3) is 5.57 Å². The Balaban J connectivity index is 2.44. The van der Waals surface area contributed by atoms with Gasteiger partial charge in [-0.3, -0.25) is 0 Å². The van der Waals surface area contributed by atoms with Gasteiger partial charge in [0.25, 0.3) is 0 Å². The van der Waals surface area contributed by atoms with Crippen LogP contribution in [0, 0.1) is 13.8 Å². The zero-order valence-electron chi connectivity index (χ0n) is 8.95. The van der Waals surface area contributed by atoms with E-state index in [9.17, 15) is 8.42 Å². The predicted molar refractivity (Wildman–Crippen MR) is 62.5 cm³/mol. The maximum Gasteiger partial charge on any atom is 0.158 e. The summed E-state index contributed by atoms with van der Waals surface area (Å²) in [6.45, 7) is 4.04. The van der Waals surface area contributed by atoms with E-state index in [1.165, 1.54) is 5.56 Å². The number of rotatable bonds is 1. The molecule has 0 unspecified atom stereocenters. The third-order valence-electron chi connectivity index (χ3n) is 2.70. The van der Waals surface area contributed by atoms with E-state index in [2.05, 4.69) is 6.07 Å². The van der Waals surface area contributed by atoms with Gasteiger partial charge in [-0.05, 0) is 30.5 Å². The van der Waals surface area contributed by atoms with Crippen LogP contribution in [-0.2, 0) is 9.84 Å². The van der Waals surface area contributed by atoms with E-state index in [1.54, 1.807) is 0 Å². The van der Waals surface area contributed by atoms with E-state index >= 15 is 0 Å². The number of sulfone groups is 1. The van der Waals surface area contributed by atoms with E-state index in [4.69, 9.17) is 0 Å². The molecule has 0 bridgehead atoms. The van der Waals surface area contributed by atoms with Crippen LogP contribution in [0.1, 0.15) is 16.7 Å². The van der Waals surface area contributed by atoms with Gasteiger partial charge in [-0.15, -0.1) is 0 Å². The van der Waals surface area contributed by atoms with Gasteiger partial charge in [0.15, 0.2) is 9.84 Å². The Hall–Kier alpha value is -1.09. The molecule has 0 aromatic heterocycles. The molecule has 1 aliphatic rings. The Morgan fingerprint density at radius 1 is 1.20 bits per heavy atom. The van der Waals surface area contributed by atoms with E-state index in [0.29, 0.717) is 0 Å². The average Bonchev–Trinajstić information content (AvgIpc) is 2.50. The fourth-order valence-corrected chi connectivity index (χ4v) is 3.17. The molecule has 80 valence electrons. The zero-order chi connectivity index (χ0) is 11.1. The van der Waals surface area contributed by atoms with Crippen LogP contribution in [0.15, 0.2) is 24.3 Å². The summed E-state index contributed by atoms with van der Waals surface area (Å²) in [5, 5.41) is 0. The van der Waals surface area contributed by atoms with Crippen molar-refractivity contribution in [2.45, 2.75) is 13.8 Å². The zero-order valence-corrected chi connectivity index (χ0v) is 9.76. The quantitative estimate of drug-likeness (QED) is 0.729. The number of hydrogen-bond donors (Lipinski definition) is 0. The summed E-state index contributed by atoms with van der Waals surface area (Å²) in [4.78, 5) is 0. The molecule has 0 fully saturated rings. The summed E-state index contributed by atoms with van der Waals surface area (Å²) < 4.78 is 22.7. The second-order valence-electron chi connectivity index (χ2n) is 4.10. The Labute approximate surface area is 90.6 Å². The molecule has 3 heteroatoms. The standard InChI is InChI=1S/C12H14O2S/c1-9-3-4-10(2)12(7-9)11-5-6-15(13,14)8-11/h3-5,7H,6,8H2,1-2H3. The van der Waals surface area contributed by atoms with Gasteiger partial charge in [-0.1, -0.05) is 29.8 Å². The van der Waals surface area contributed by atoms with Crippen molar-refractivity contribution in [3.63, 3.8) is 0 Å². The number of benzene rings is 1. The van der Waals surface area contributed by atoms with Crippen molar-refractivity contribution in [2.24, 2.45) is 0 Å². The molecular formula is C12H14O2S. The SMILES string of the molecule is Cc1ccc(C)c(C2=CCS(=O)(=O)C2)c1. The van der Waals surface area contributed by atoms with Crippen LogP contribution < -0.4 is 0 Å². The molecule has 1 aliphatic heterocycles. The first-order valence-corrected chi connectivity index (χ1v) is 6.77. The van der Waals surface area contributed by atoms with Crippen molar-refractivity contribution in [1.29, 1.82) is 0 Å². The van der Waals surface area contributed by atoms with Gasteiger partial charge in [0.05, 0.1) is 11.5 Å². The first kappa shape index (κ1) is 10.4. The van der Waals surface area contributed by atoms with Crippen molar-refractivity contribution >= 4 is 15.4 Å². The Morgan fingerprint density at radius 3 is 2.53 bits per heavy atom. The fraction of sp³-hybridized carbons (Fsp3) is 0.333. The van der Waals surface area contributed by atoms with Gasteiger partial charge in [0.1, 0.15) is 0 Å². The third-order valence-corrected chi connectivity index (χ3v) is 4.12. The van der Waals surface area contributed by atoms with Crippen LogP contribution in [0.4, 0.5) is 0 Å². The molecule has 0 saturated heterocycles. The monoisotopic (exact) mass is 222 g/mol. The Kier molecular flexibility index (Phi) is 2.43. The van der Waals surface area contributed by atoms with Crippen molar-refractivity contribution in [3.05, 3.63) is 41.0 Å². The molecule has 15 heavy (non-hydrogen) atoms. The van der Waals surface area contributed by atoms with Gasteiger partial charge in [-0.2, -0.15) is 0 Å². The van der Waals surface area contributed by atoms with Gasteiger partial charge in [-0.25, -0.2) is 8.42 Å². The largest absolute Gasteiger partial charge is 0.228 e. The maximum atomic E-state index is 11.4. The minimum absolute atomic E-state index is 0.190. The first-order chi connectivity index (χ1) is 6.98. The van der Waals surface area contributed by atoms with Crippen molar-refractivity contribution < 1.29 is 8.42 Å². The summed E-state index contributed by atoms with van der Waals surface area (Å²) in [6, 6.07) is 6.14. The molecule has 0 aliphatic carbocycles. The normalized spacial score (nSPS) is 18.9. The minimum Gasteiger partial charge on any atom is -0.228 e. The van der Waals surface area contributed by atoms with Gasteiger partial charge in [0, 0.05) is 0 Å². The summed E-state index contributed by atoms with van der Waals surface area (Å²) in [5.74, 6) is 0.382. The summed E-state index contributed by atoms with van der Waals surface area (Å²) in [6.07, 6.45) is 1.83. The predicted octanol–water partition coefficient (Wildman–Crippen LogP) is 2.12. The van der Waals surface area contributed by atoms with Crippen LogP contribution >= 0.6 is 0 Å². The topological polar surface area (TPSA) is 34.1 Å². The summed E-state index contributed by atoms with van der Waals surface area (Å²) in [7, 11) is -2.87. The number of hydrogen-bond acceptors (Lipinski definition) is 2. The lowest BCUT2D eigenvalue weighted by Gasteiger charge is -2.07. The van der Waals surface area contributed by atoms with Gasteiger partial charge < -0.3 is 0 Å². The molecular weight excluding hydrogens is 208 g/mol. The first-order valence-electron chi connectivity index (χ1n) is 4.95.